The first-order valence-corrected chi connectivity index (χ1v) is 38.1. The minimum Gasteiger partial charge on any atom is -0.382 e. The topological polar surface area (TPSA) is 144 Å². The van der Waals surface area contributed by atoms with Crippen LogP contribution >= 0.6 is 61.1 Å². The van der Waals surface area contributed by atoms with Gasteiger partial charge in [0.15, 0.2) is 0 Å². The third-order valence-electron chi connectivity index (χ3n) is 17.3. The van der Waals surface area contributed by atoms with Gasteiger partial charge in [-0.2, -0.15) is 0 Å². The summed E-state index contributed by atoms with van der Waals surface area (Å²) in [6, 6.07) is 0. The van der Waals surface area contributed by atoms with E-state index in [-0.39, 0.29) is 54.2 Å². The molecule has 97 heavy (non-hydrogen) atoms. The zero-order chi connectivity index (χ0) is 74.9. The van der Waals surface area contributed by atoms with Crippen molar-refractivity contribution in [3.05, 3.63) is 101 Å². The van der Waals surface area contributed by atoms with E-state index in [4.69, 9.17) is 61.1 Å². The van der Waals surface area contributed by atoms with E-state index in [1.807, 2.05) is 14.1 Å². The molecule has 0 saturated heterocycles. The fraction of sp³-hybridized carbons (Fsp3) is 0.740. The Morgan fingerprint density at radius 2 is 0.577 bits per heavy atom. The van der Waals surface area contributed by atoms with Gasteiger partial charge in [-0.1, -0.05) is 206 Å². The second-order valence-corrected chi connectivity index (χ2v) is 33.9. The minimum absolute atomic E-state index is 0.0156. The molecular weight excluding hydrogens is 1310 g/mol. The Morgan fingerprint density at radius 1 is 0.299 bits per heavy atom. The molecular formula is C77H134N10O5S5. The van der Waals surface area contributed by atoms with E-state index in [0.717, 1.165) is 193 Å². The normalized spacial score (nSPS) is 12.3. The zero-order valence-corrected chi connectivity index (χ0v) is 70.0. The van der Waals surface area contributed by atoms with Gasteiger partial charge in [0.25, 0.3) is 0 Å². The van der Waals surface area contributed by atoms with Crippen molar-refractivity contribution in [1.82, 2.24) is 24.5 Å². The van der Waals surface area contributed by atoms with Crippen molar-refractivity contribution in [2.24, 2.45) is 0 Å². The van der Waals surface area contributed by atoms with Gasteiger partial charge in [-0.15, -0.1) is 0 Å². The first-order valence-electron chi connectivity index (χ1n) is 36.1. The van der Waals surface area contributed by atoms with Gasteiger partial charge in [-0.3, -0.25) is 24.0 Å². The van der Waals surface area contributed by atoms with Crippen LogP contribution in [-0.4, -0.2) is 172 Å². The highest BCUT2D eigenvalue weighted by atomic mass is 32.1. The molecule has 0 aromatic heterocycles. The van der Waals surface area contributed by atoms with Gasteiger partial charge in [0.2, 0.25) is 27.1 Å². The lowest BCUT2D eigenvalue weighted by Gasteiger charge is -2.31. The maximum atomic E-state index is 12.0. The number of nitrogens with zero attached hydrogens (tertiary/aromatic N) is 7. The molecule has 5 aromatic rings. The SMILES string of the molecule is CCCN(C)CCCNc1c(C(C)(C)C)c(=S)c1=O.CCCN(CC)CCCNc1c(C(C)(C)C)c(=S)c1=O.CCCN(CCC)CCCNc1c(C(C)(C)C)c(=S)c1=O.CCN(C)CCCN(C)c1c(C(C)(C)C)c(=S)c1=O.CN(C)CCCN(C)c1c(C(C)(C)C)c(=S)c1=O. The molecule has 0 spiro atoms. The molecule has 0 atom stereocenters. The molecule has 0 aliphatic rings. The van der Waals surface area contributed by atoms with E-state index in [0.29, 0.717) is 22.6 Å². The van der Waals surface area contributed by atoms with Crippen LogP contribution in [0, 0.1) is 22.6 Å². The number of hydrogen-bond donors (Lipinski definition) is 3. The summed E-state index contributed by atoms with van der Waals surface area (Å²) < 4.78 is 2.60. The van der Waals surface area contributed by atoms with Gasteiger partial charge < -0.3 is 50.2 Å². The third-order valence-corrected chi connectivity index (χ3v) is 19.2. The standard InChI is InChI=1S/C17H30N2OS.C16H28N2OS.2C15H26N2OS.C14H24N2OS/c1-6-10-19(11-7-2)12-8-9-18-14-13(17(3,4)5)16(21)15(14)20;1-6-10-18(7-2)11-8-9-17-13-12(16(3,4)5)15(20)14(13)19;1-7-16(5)9-8-10-17(6)12-11(15(2,3)4)14(19)13(12)18;1-6-9-17(5)10-7-8-16-12-11(15(2,3)4)14(19)13(12)18;1-14(2,3)10-11(12(17)13(10)18)16(6)9-7-8-15(4)5/h18H,6-12H2,1-5H3;17H,6-11H2,1-5H3;7-10H2,1-6H3;16H,6-10H2,1-5H3;7-9H2,1-6H3. The van der Waals surface area contributed by atoms with Gasteiger partial charge in [-0.05, 0) is 185 Å². The smallest absolute Gasteiger partial charge is 0.220 e. The first-order chi connectivity index (χ1) is 44.8. The molecule has 0 heterocycles. The Hall–Kier alpha value is -3.70. The number of anilines is 5. The monoisotopic (exact) mass is 1440 g/mol. The Labute approximate surface area is 614 Å². The lowest BCUT2D eigenvalue weighted by molar-refractivity contribution is 0.274. The second kappa shape index (κ2) is 42.0. The highest BCUT2D eigenvalue weighted by molar-refractivity contribution is 7.72. The molecule has 0 aliphatic heterocycles. The van der Waals surface area contributed by atoms with E-state index in [9.17, 15) is 24.0 Å². The molecule has 0 unspecified atom stereocenters. The molecule has 5 rings (SSSR count). The molecule has 20 heteroatoms. The van der Waals surface area contributed by atoms with Crippen LogP contribution in [0.1, 0.15) is 231 Å². The number of hydrogen-bond acceptors (Lipinski definition) is 20. The summed E-state index contributed by atoms with van der Waals surface area (Å²) in [5.41, 5.74) is 8.99. The Bertz CT molecular complexity index is 3530. The Morgan fingerprint density at radius 3 is 0.866 bits per heavy atom. The van der Waals surface area contributed by atoms with Gasteiger partial charge in [0, 0.05) is 74.6 Å². The van der Waals surface area contributed by atoms with E-state index in [1.165, 1.54) is 25.7 Å². The quantitative estimate of drug-likeness (QED) is 0.0261. The predicted octanol–water partition coefficient (Wildman–Crippen LogP) is 15.5. The Kier molecular flexibility index (Phi) is 39.6. The molecule has 552 valence electrons. The van der Waals surface area contributed by atoms with Crippen LogP contribution < -0.4 is 52.9 Å². The summed E-state index contributed by atoms with van der Waals surface area (Å²) in [7, 11) is 12.3. The minimum atomic E-state index is -0.0518. The van der Waals surface area contributed by atoms with Crippen LogP contribution in [0.3, 0.4) is 0 Å². The van der Waals surface area contributed by atoms with E-state index < -0.39 is 0 Å². The average Bonchev–Trinajstić information content (AvgIpc) is 0.782. The lowest BCUT2D eigenvalue weighted by Crippen LogP contribution is -2.36. The van der Waals surface area contributed by atoms with Crippen molar-refractivity contribution in [3.63, 3.8) is 0 Å². The van der Waals surface area contributed by atoms with Crippen LogP contribution in [0.5, 0.6) is 0 Å². The van der Waals surface area contributed by atoms with Crippen LogP contribution in [0.2, 0.25) is 0 Å². The summed E-state index contributed by atoms with van der Waals surface area (Å²) in [5.74, 6) is 0. The van der Waals surface area contributed by atoms with Gasteiger partial charge in [0.1, 0.15) is 0 Å². The van der Waals surface area contributed by atoms with Crippen molar-refractivity contribution >= 4 is 89.5 Å². The summed E-state index contributed by atoms with van der Waals surface area (Å²) >= 11 is 25.9. The molecule has 15 nitrogen and oxygen atoms in total. The number of nitrogens with one attached hydrogen (secondary N) is 3. The van der Waals surface area contributed by atoms with Crippen molar-refractivity contribution in [1.29, 1.82) is 0 Å². The maximum absolute atomic E-state index is 12.0. The van der Waals surface area contributed by atoms with Gasteiger partial charge >= 0.3 is 0 Å². The second-order valence-electron chi connectivity index (χ2n) is 31.9. The summed E-state index contributed by atoms with van der Waals surface area (Å²) in [4.78, 5) is 75.2. The van der Waals surface area contributed by atoms with Gasteiger partial charge in [0.05, 0.1) is 51.0 Å². The summed E-state index contributed by atoms with van der Waals surface area (Å²) in [6.45, 7) is 61.0. The van der Waals surface area contributed by atoms with Crippen LogP contribution in [-0.2, 0) is 27.1 Å². The Balaban J connectivity index is 0.000000607. The van der Waals surface area contributed by atoms with E-state index >= 15 is 0 Å². The molecule has 0 radical (unpaired) electrons. The summed E-state index contributed by atoms with van der Waals surface area (Å²) in [6.07, 6.45) is 10.0. The predicted molar refractivity (Wildman–Crippen MR) is 437 cm³/mol. The molecule has 0 amide bonds. The first kappa shape index (κ1) is 91.3. The van der Waals surface area contributed by atoms with Crippen LogP contribution in [0.4, 0.5) is 28.4 Å². The van der Waals surface area contributed by atoms with E-state index in [2.05, 4.69) is 224 Å². The largest absolute Gasteiger partial charge is 0.382 e. The molecule has 0 saturated carbocycles. The molecule has 0 aliphatic carbocycles. The van der Waals surface area contributed by atoms with Crippen molar-refractivity contribution in [3.8, 4) is 0 Å². The highest BCUT2D eigenvalue weighted by Gasteiger charge is 2.33. The van der Waals surface area contributed by atoms with E-state index in [1.54, 1.807) is 0 Å². The van der Waals surface area contributed by atoms with Crippen molar-refractivity contribution in [2.45, 2.75) is 230 Å². The molecule has 3 N–H and O–H groups in total. The highest BCUT2D eigenvalue weighted by Crippen LogP contribution is 2.36. The van der Waals surface area contributed by atoms with Crippen molar-refractivity contribution < 1.29 is 0 Å². The number of rotatable bonds is 35. The molecule has 0 fully saturated rings. The zero-order valence-electron chi connectivity index (χ0n) is 65.9. The van der Waals surface area contributed by atoms with Gasteiger partial charge in [-0.25, -0.2) is 0 Å². The molecule has 5 aromatic carbocycles. The van der Waals surface area contributed by atoms with Crippen LogP contribution in [0.15, 0.2) is 24.0 Å². The fourth-order valence-corrected chi connectivity index (χ4v) is 14.6. The third kappa shape index (κ3) is 28.2. The lowest BCUT2D eigenvalue weighted by atomic mass is 9.82. The average molecular weight is 1440 g/mol. The van der Waals surface area contributed by atoms with Crippen LogP contribution in [0.25, 0.3) is 0 Å². The molecule has 0 bridgehead atoms. The summed E-state index contributed by atoms with van der Waals surface area (Å²) in [5, 5.41) is 9.87. The maximum Gasteiger partial charge on any atom is 0.220 e. The fourth-order valence-electron chi connectivity index (χ4n) is 12.1. The van der Waals surface area contributed by atoms with Crippen molar-refractivity contribution in [2.75, 3.05) is 173 Å².